The minimum atomic E-state index is 0. The van der Waals surface area contributed by atoms with Crippen LogP contribution in [0.1, 0.15) is 36.2 Å². The second-order valence-electron chi connectivity index (χ2n) is 6.63. The summed E-state index contributed by atoms with van der Waals surface area (Å²) in [4.78, 5) is 20.9. The molecule has 1 amide bonds. The van der Waals surface area contributed by atoms with Crippen molar-refractivity contribution in [1.82, 2.24) is 15.1 Å². The van der Waals surface area contributed by atoms with Crippen LogP contribution in [0.2, 0.25) is 0 Å². The molecule has 1 fully saturated rings. The number of carbonyl (C=O) groups is 1. The van der Waals surface area contributed by atoms with Crippen LogP contribution in [0.3, 0.4) is 0 Å². The van der Waals surface area contributed by atoms with Crippen LogP contribution in [-0.4, -0.2) is 68.6 Å². The second-order valence-corrected chi connectivity index (χ2v) is 6.63. The second kappa shape index (κ2) is 12.2. The molecule has 2 rings (SSSR count). The number of aliphatic imine (C=N–C) groups is 1. The molecule has 0 saturated carbocycles. The van der Waals surface area contributed by atoms with Crippen molar-refractivity contribution < 1.29 is 9.53 Å². The maximum absolute atomic E-state index is 12.4. The van der Waals surface area contributed by atoms with Crippen LogP contribution in [0.15, 0.2) is 29.3 Å². The number of carbonyl (C=O) groups excluding carboxylic acids is 1. The Morgan fingerprint density at radius 1 is 1.30 bits per heavy atom. The van der Waals surface area contributed by atoms with Gasteiger partial charge >= 0.3 is 0 Å². The Hall–Kier alpha value is -1.35. The third-order valence-corrected chi connectivity index (χ3v) is 4.90. The number of amides is 1. The van der Waals surface area contributed by atoms with Crippen LogP contribution in [-0.2, 0) is 11.3 Å². The molecule has 6 nitrogen and oxygen atoms in total. The number of ether oxygens (including phenoxy) is 1. The number of likely N-dealkylation sites (tertiary alicyclic amines) is 1. The topological polar surface area (TPSA) is 57.2 Å². The molecule has 0 radical (unpaired) electrons. The lowest BCUT2D eigenvalue weighted by Gasteiger charge is -2.22. The number of guanidine groups is 1. The van der Waals surface area contributed by atoms with Gasteiger partial charge in [0, 0.05) is 58.4 Å². The number of benzene rings is 1. The van der Waals surface area contributed by atoms with Gasteiger partial charge in [0.1, 0.15) is 0 Å². The van der Waals surface area contributed by atoms with E-state index < -0.39 is 0 Å². The maximum atomic E-state index is 12.4. The molecule has 1 N–H and O–H groups in total. The Morgan fingerprint density at radius 2 is 1.96 bits per heavy atom. The highest BCUT2D eigenvalue weighted by Gasteiger charge is 2.24. The maximum Gasteiger partial charge on any atom is 0.253 e. The van der Waals surface area contributed by atoms with Gasteiger partial charge in [-0.1, -0.05) is 12.1 Å². The molecule has 1 aliphatic rings. The Labute approximate surface area is 180 Å². The highest BCUT2D eigenvalue weighted by Crippen LogP contribution is 2.16. The number of halogens is 1. The fourth-order valence-corrected chi connectivity index (χ4v) is 3.37. The van der Waals surface area contributed by atoms with E-state index in [9.17, 15) is 4.79 Å². The van der Waals surface area contributed by atoms with E-state index in [0.717, 1.165) is 56.3 Å². The highest BCUT2D eigenvalue weighted by molar-refractivity contribution is 14.0. The first kappa shape index (κ1) is 23.7. The Balaban J connectivity index is 0.00000364. The molecule has 1 unspecified atom stereocenters. The monoisotopic (exact) mass is 488 g/mol. The number of rotatable bonds is 7. The first-order valence-electron chi connectivity index (χ1n) is 9.45. The van der Waals surface area contributed by atoms with Gasteiger partial charge in [0.2, 0.25) is 0 Å². The summed E-state index contributed by atoms with van der Waals surface area (Å²) >= 11 is 0. The van der Waals surface area contributed by atoms with Gasteiger partial charge in [0.15, 0.2) is 5.96 Å². The fourth-order valence-electron chi connectivity index (χ4n) is 3.37. The zero-order valence-corrected chi connectivity index (χ0v) is 19.2. The Morgan fingerprint density at radius 3 is 2.52 bits per heavy atom. The van der Waals surface area contributed by atoms with Gasteiger partial charge in [-0.05, 0) is 38.0 Å². The summed E-state index contributed by atoms with van der Waals surface area (Å²) in [5.74, 6) is 1.59. The van der Waals surface area contributed by atoms with Gasteiger partial charge in [-0.15, -0.1) is 24.0 Å². The predicted octanol–water partition coefficient (Wildman–Crippen LogP) is 2.83. The number of hydrogen-bond donors (Lipinski definition) is 1. The molecule has 7 heteroatoms. The average molecular weight is 488 g/mol. The molecule has 1 aromatic rings. The summed E-state index contributed by atoms with van der Waals surface area (Å²) in [6, 6.07) is 7.83. The van der Waals surface area contributed by atoms with E-state index in [1.54, 1.807) is 7.11 Å². The molecule has 1 aromatic carbocycles. The van der Waals surface area contributed by atoms with Gasteiger partial charge < -0.3 is 19.9 Å². The van der Waals surface area contributed by atoms with E-state index in [4.69, 9.17) is 4.74 Å². The van der Waals surface area contributed by atoms with Crippen molar-refractivity contribution in [2.24, 2.45) is 10.9 Å². The first-order chi connectivity index (χ1) is 12.6. The lowest BCUT2D eigenvalue weighted by molar-refractivity contribution is 0.0773. The Bertz CT molecular complexity index is 603. The van der Waals surface area contributed by atoms with E-state index in [1.165, 1.54) is 0 Å². The average Bonchev–Trinajstić information content (AvgIpc) is 3.12. The molecular formula is C20H33IN4O2. The SMILES string of the molecule is CCN(CC)C(=O)c1ccc(CNC(=NC)N2CCC(COC)C2)cc1.I. The molecular weight excluding hydrogens is 455 g/mol. The van der Waals surface area contributed by atoms with Gasteiger partial charge in [0.25, 0.3) is 5.91 Å². The van der Waals surface area contributed by atoms with Gasteiger partial charge in [-0.3, -0.25) is 9.79 Å². The van der Waals surface area contributed by atoms with Crippen molar-refractivity contribution in [3.8, 4) is 0 Å². The van der Waals surface area contributed by atoms with E-state index in [-0.39, 0.29) is 29.9 Å². The molecule has 1 atom stereocenters. The number of hydrogen-bond acceptors (Lipinski definition) is 3. The molecule has 0 spiro atoms. The summed E-state index contributed by atoms with van der Waals surface area (Å²) in [6.07, 6.45) is 1.14. The zero-order chi connectivity index (χ0) is 18.9. The largest absolute Gasteiger partial charge is 0.384 e. The highest BCUT2D eigenvalue weighted by atomic mass is 127. The van der Waals surface area contributed by atoms with Crippen LogP contribution in [0.25, 0.3) is 0 Å². The standard InChI is InChI=1S/C20H32N4O2.HI/c1-5-23(6-2)19(25)18-9-7-16(8-10-18)13-22-20(21-3)24-12-11-17(14-24)15-26-4;/h7-10,17H,5-6,11-15H2,1-4H3,(H,21,22);1H. The van der Waals surface area contributed by atoms with Crippen LogP contribution in [0.5, 0.6) is 0 Å². The summed E-state index contributed by atoms with van der Waals surface area (Å²) in [5, 5.41) is 3.42. The Kier molecular flexibility index (Phi) is 10.7. The van der Waals surface area contributed by atoms with Crippen LogP contribution >= 0.6 is 24.0 Å². The van der Waals surface area contributed by atoms with E-state index in [2.05, 4.69) is 15.2 Å². The predicted molar refractivity (Wildman–Crippen MR) is 121 cm³/mol. The smallest absolute Gasteiger partial charge is 0.253 e. The number of nitrogens with one attached hydrogen (secondary N) is 1. The number of nitrogens with zero attached hydrogens (tertiary/aromatic N) is 3. The molecule has 152 valence electrons. The van der Waals surface area contributed by atoms with E-state index in [0.29, 0.717) is 12.5 Å². The number of methoxy groups -OCH3 is 1. The van der Waals surface area contributed by atoms with E-state index in [1.807, 2.05) is 50.1 Å². The van der Waals surface area contributed by atoms with Crippen molar-refractivity contribution in [3.05, 3.63) is 35.4 Å². The van der Waals surface area contributed by atoms with Crippen LogP contribution < -0.4 is 5.32 Å². The quantitative estimate of drug-likeness (QED) is 0.365. The lowest BCUT2D eigenvalue weighted by atomic mass is 10.1. The molecule has 1 aliphatic heterocycles. The van der Waals surface area contributed by atoms with Crippen molar-refractivity contribution in [1.29, 1.82) is 0 Å². The van der Waals surface area contributed by atoms with Crippen LogP contribution in [0, 0.1) is 5.92 Å². The third kappa shape index (κ3) is 6.64. The zero-order valence-electron chi connectivity index (χ0n) is 16.9. The summed E-state index contributed by atoms with van der Waals surface area (Å²) < 4.78 is 5.26. The fraction of sp³-hybridized carbons (Fsp3) is 0.600. The lowest BCUT2D eigenvalue weighted by Crippen LogP contribution is -2.39. The van der Waals surface area contributed by atoms with Crippen molar-refractivity contribution >= 4 is 35.8 Å². The molecule has 0 aromatic heterocycles. The summed E-state index contributed by atoms with van der Waals surface area (Å²) in [6.45, 7) is 8.94. The van der Waals surface area contributed by atoms with Crippen molar-refractivity contribution in [3.63, 3.8) is 0 Å². The van der Waals surface area contributed by atoms with Crippen molar-refractivity contribution in [2.45, 2.75) is 26.8 Å². The van der Waals surface area contributed by atoms with Crippen LogP contribution in [0.4, 0.5) is 0 Å². The first-order valence-corrected chi connectivity index (χ1v) is 9.45. The molecule has 1 saturated heterocycles. The summed E-state index contributed by atoms with van der Waals surface area (Å²) in [7, 11) is 3.57. The van der Waals surface area contributed by atoms with Gasteiger partial charge in [-0.2, -0.15) is 0 Å². The molecule has 1 heterocycles. The van der Waals surface area contributed by atoms with Gasteiger partial charge in [0.05, 0.1) is 6.61 Å². The molecule has 27 heavy (non-hydrogen) atoms. The molecule has 0 bridgehead atoms. The normalized spacial score (nSPS) is 16.8. The van der Waals surface area contributed by atoms with E-state index >= 15 is 0 Å². The minimum Gasteiger partial charge on any atom is -0.384 e. The third-order valence-electron chi connectivity index (χ3n) is 4.90. The van der Waals surface area contributed by atoms with Gasteiger partial charge in [-0.25, -0.2) is 0 Å². The minimum absolute atomic E-state index is 0. The molecule has 0 aliphatic carbocycles. The summed E-state index contributed by atoms with van der Waals surface area (Å²) in [5.41, 5.74) is 1.87. The van der Waals surface area contributed by atoms with Crippen molar-refractivity contribution in [2.75, 3.05) is 46.9 Å².